The van der Waals surface area contributed by atoms with E-state index in [1.165, 1.54) is 70.4 Å². The lowest BCUT2D eigenvalue weighted by Crippen LogP contribution is -2.36. The highest BCUT2D eigenvalue weighted by molar-refractivity contribution is 5.02. The maximum absolute atomic E-state index is 5.44. The van der Waals surface area contributed by atoms with Crippen LogP contribution in [0.4, 0.5) is 0 Å². The molecule has 0 aliphatic carbocycles. The van der Waals surface area contributed by atoms with Crippen molar-refractivity contribution in [3.05, 3.63) is 18.2 Å². The van der Waals surface area contributed by atoms with Crippen LogP contribution in [0.25, 0.3) is 0 Å². The molecule has 1 unspecified atom stereocenters. The lowest BCUT2D eigenvalue weighted by Gasteiger charge is -2.32. The second-order valence-corrected chi connectivity index (χ2v) is 7.09. The quantitative estimate of drug-likeness (QED) is 0.756. The van der Waals surface area contributed by atoms with E-state index in [-0.39, 0.29) is 0 Å². The van der Waals surface area contributed by atoms with Crippen molar-refractivity contribution in [2.45, 2.75) is 50.9 Å². The van der Waals surface area contributed by atoms with Crippen LogP contribution in [-0.2, 0) is 11.8 Å². The number of imidazole rings is 1. The number of rotatable bonds is 6. The summed E-state index contributed by atoms with van der Waals surface area (Å²) in [5.74, 6) is 2.83. The zero-order chi connectivity index (χ0) is 15.2. The molecule has 4 nitrogen and oxygen atoms in total. The molecule has 0 N–H and O–H groups in total. The number of aromatic nitrogens is 2. The predicted octanol–water partition coefficient (Wildman–Crippen LogP) is 3.20. The maximum Gasteiger partial charge on any atom is 0.112 e. The number of hydrogen-bond acceptors (Lipinski definition) is 3. The molecular formula is C18H31N3O. The van der Waals surface area contributed by atoms with Crippen LogP contribution < -0.4 is 0 Å². The molecule has 22 heavy (non-hydrogen) atoms. The van der Waals surface area contributed by atoms with Crippen molar-refractivity contribution < 1.29 is 4.74 Å². The predicted molar refractivity (Wildman–Crippen MR) is 89.0 cm³/mol. The summed E-state index contributed by atoms with van der Waals surface area (Å²) < 4.78 is 7.64. The van der Waals surface area contributed by atoms with E-state index in [9.17, 15) is 0 Å². The fourth-order valence-electron chi connectivity index (χ4n) is 4.04. The molecule has 0 spiro atoms. The normalized spacial score (nSPS) is 24.7. The summed E-state index contributed by atoms with van der Waals surface area (Å²) in [6.07, 6.45) is 13.3. The summed E-state index contributed by atoms with van der Waals surface area (Å²) >= 11 is 0. The second-order valence-electron chi connectivity index (χ2n) is 7.09. The Morgan fingerprint density at radius 2 is 2.09 bits per heavy atom. The van der Waals surface area contributed by atoms with Crippen molar-refractivity contribution in [2.24, 2.45) is 13.0 Å². The van der Waals surface area contributed by atoms with Crippen LogP contribution in [0.5, 0.6) is 0 Å². The number of aryl methyl sites for hydroxylation is 1. The molecule has 3 heterocycles. The molecule has 0 radical (unpaired) electrons. The van der Waals surface area contributed by atoms with Gasteiger partial charge in [-0.3, -0.25) is 0 Å². The van der Waals surface area contributed by atoms with E-state index >= 15 is 0 Å². The van der Waals surface area contributed by atoms with E-state index in [1.807, 2.05) is 6.20 Å². The molecule has 4 heteroatoms. The molecule has 1 aromatic heterocycles. The maximum atomic E-state index is 5.44. The van der Waals surface area contributed by atoms with E-state index < -0.39 is 0 Å². The summed E-state index contributed by atoms with van der Waals surface area (Å²) in [5, 5.41) is 0. The number of unbranched alkanes of at least 4 members (excludes halogenated alkanes) is 1. The second kappa shape index (κ2) is 8.11. The monoisotopic (exact) mass is 305 g/mol. The van der Waals surface area contributed by atoms with E-state index in [4.69, 9.17) is 4.74 Å². The summed E-state index contributed by atoms with van der Waals surface area (Å²) in [5.41, 5.74) is 0. The van der Waals surface area contributed by atoms with Gasteiger partial charge in [-0.1, -0.05) is 12.8 Å². The molecule has 0 aromatic carbocycles. The molecule has 0 bridgehead atoms. The molecule has 0 saturated carbocycles. The van der Waals surface area contributed by atoms with E-state index in [1.54, 1.807) is 0 Å². The molecule has 2 aliphatic heterocycles. The van der Waals surface area contributed by atoms with Gasteiger partial charge in [0, 0.05) is 45.1 Å². The summed E-state index contributed by atoms with van der Waals surface area (Å²) in [7, 11) is 2.12. The van der Waals surface area contributed by atoms with Gasteiger partial charge in [-0.05, 0) is 51.1 Å². The van der Waals surface area contributed by atoms with Crippen molar-refractivity contribution in [3.8, 4) is 0 Å². The molecule has 124 valence electrons. The van der Waals surface area contributed by atoms with Crippen LogP contribution in [0.3, 0.4) is 0 Å². The van der Waals surface area contributed by atoms with Crippen LogP contribution in [-0.4, -0.2) is 47.3 Å². The van der Waals surface area contributed by atoms with Gasteiger partial charge in [0.1, 0.15) is 5.82 Å². The Labute approximate surface area is 134 Å². The average Bonchev–Trinajstić information content (AvgIpc) is 2.99. The largest absolute Gasteiger partial charge is 0.381 e. The summed E-state index contributed by atoms with van der Waals surface area (Å²) in [4.78, 5) is 7.22. The first-order valence-electron chi connectivity index (χ1n) is 9.10. The number of nitrogens with zero attached hydrogens (tertiary/aromatic N) is 3. The van der Waals surface area contributed by atoms with Gasteiger partial charge in [0.2, 0.25) is 0 Å². The highest BCUT2D eigenvalue weighted by Gasteiger charge is 2.23. The lowest BCUT2D eigenvalue weighted by atomic mass is 9.93. The van der Waals surface area contributed by atoms with Gasteiger partial charge in [0.25, 0.3) is 0 Å². The van der Waals surface area contributed by atoms with E-state index in [0.717, 1.165) is 19.1 Å². The van der Waals surface area contributed by atoms with Crippen LogP contribution >= 0.6 is 0 Å². The first-order chi connectivity index (χ1) is 10.8. The number of hydrogen-bond donors (Lipinski definition) is 0. The van der Waals surface area contributed by atoms with Gasteiger partial charge < -0.3 is 14.2 Å². The third-order valence-corrected chi connectivity index (χ3v) is 5.41. The van der Waals surface area contributed by atoms with E-state index in [2.05, 4.69) is 27.7 Å². The zero-order valence-corrected chi connectivity index (χ0v) is 14.0. The van der Waals surface area contributed by atoms with Gasteiger partial charge >= 0.3 is 0 Å². The molecule has 1 atom stereocenters. The van der Waals surface area contributed by atoms with Gasteiger partial charge in [-0.25, -0.2) is 4.98 Å². The highest BCUT2D eigenvalue weighted by Crippen LogP contribution is 2.26. The van der Waals surface area contributed by atoms with Gasteiger partial charge in [0.05, 0.1) is 0 Å². The van der Waals surface area contributed by atoms with Crippen molar-refractivity contribution in [1.82, 2.24) is 14.5 Å². The molecule has 2 fully saturated rings. The van der Waals surface area contributed by atoms with Crippen molar-refractivity contribution >= 4 is 0 Å². The lowest BCUT2D eigenvalue weighted by molar-refractivity contribution is 0.0627. The third-order valence-electron chi connectivity index (χ3n) is 5.41. The third kappa shape index (κ3) is 4.32. The number of piperidine rings is 1. The van der Waals surface area contributed by atoms with E-state index in [0.29, 0.717) is 5.92 Å². The summed E-state index contributed by atoms with van der Waals surface area (Å²) in [6, 6.07) is 0. The van der Waals surface area contributed by atoms with Crippen molar-refractivity contribution in [1.29, 1.82) is 0 Å². The van der Waals surface area contributed by atoms with Crippen molar-refractivity contribution in [3.63, 3.8) is 0 Å². The molecule has 0 amide bonds. The fraction of sp³-hybridized carbons (Fsp3) is 0.833. The van der Waals surface area contributed by atoms with Gasteiger partial charge in [0.15, 0.2) is 0 Å². The zero-order valence-electron chi connectivity index (χ0n) is 14.0. The Bertz CT molecular complexity index is 439. The molecule has 2 saturated heterocycles. The number of ether oxygens (including phenoxy) is 1. The first-order valence-corrected chi connectivity index (χ1v) is 9.10. The molecule has 2 aliphatic rings. The topological polar surface area (TPSA) is 30.3 Å². The van der Waals surface area contributed by atoms with Crippen molar-refractivity contribution in [2.75, 3.05) is 32.8 Å². The minimum absolute atomic E-state index is 0.629. The molecule has 3 rings (SSSR count). The van der Waals surface area contributed by atoms with Crippen LogP contribution in [0.1, 0.15) is 56.7 Å². The fourth-order valence-corrected chi connectivity index (χ4v) is 4.04. The molecular weight excluding hydrogens is 274 g/mol. The van der Waals surface area contributed by atoms with Crippen LogP contribution in [0.15, 0.2) is 12.4 Å². The Balaban J connectivity index is 1.36. The van der Waals surface area contributed by atoms with Crippen LogP contribution in [0, 0.1) is 5.92 Å². The van der Waals surface area contributed by atoms with Crippen LogP contribution in [0.2, 0.25) is 0 Å². The first kappa shape index (κ1) is 16.0. The molecule has 1 aromatic rings. The SMILES string of the molecule is Cn1ccnc1C1CCCN(CCCCC2CCOCC2)C1. The van der Waals surface area contributed by atoms with Gasteiger partial charge in [-0.15, -0.1) is 0 Å². The average molecular weight is 305 g/mol. The Hall–Kier alpha value is -0.870. The standard InChI is InChI=1S/C18H31N3O/c1-20-12-9-19-18(20)17-6-4-11-21(15-17)10-3-2-5-16-7-13-22-14-8-16/h9,12,16-17H,2-8,10-11,13-15H2,1H3. The Morgan fingerprint density at radius 3 is 2.86 bits per heavy atom. The summed E-state index contributed by atoms with van der Waals surface area (Å²) in [6.45, 7) is 5.72. The smallest absolute Gasteiger partial charge is 0.112 e. The minimum atomic E-state index is 0.629. The minimum Gasteiger partial charge on any atom is -0.381 e. The Morgan fingerprint density at radius 1 is 1.23 bits per heavy atom. The Kier molecular flexibility index (Phi) is 5.90. The van der Waals surface area contributed by atoms with Gasteiger partial charge in [-0.2, -0.15) is 0 Å². The highest BCUT2D eigenvalue weighted by atomic mass is 16.5. The number of likely N-dealkylation sites (tertiary alicyclic amines) is 1.